The summed E-state index contributed by atoms with van der Waals surface area (Å²) in [4.78, 5) is 13.0. The summed E-state index contributed by atoms with van der Waals surface area (Å²) in [5.74, 6) is 0. The molecule has 0 saturated carbocycles. The maximum absolute atomic E-state index is 11.0. The van der Waals surface area contributed by atoms with Crippen LogP contribution in [-0.4, -0.2) is 89.4 Å². The first-order chi connectivity index (χ1) is 14.1. The third-order valence-corrected chi connectivity index (χ3v) is 4.89. The minimum Gasteiger partial charge on any atom is -0.382 e. The van der Waals surface area contributed by atoms with Crippen molar-refractivity contribution in [3.63, 3.8) is 0 Å². The van der Waals surface area contributed by atoms with Gasteiger partial charge in [-0.15, -0.1) is 0 Å². The molecule has 0 aromatic heterocycles. The van der Waals surface area contributed by atoms with Gasteiger partial charge in [-0.3, -0.25) is 15.0 Å². The molecule has 1 aliphatic rings. The van der Waals surface area contributed by atoms with Crippen LogP contribution >= 0.6 is 0 Å². The monoisotopic (exact) mass is 411 g/mol. The molecule has 2 unspecified atom stereocenters. The third kappa shape index (κ3) is 8.73. The number of likely N-dealkylation sites (N-methyl/N-ethyl adjacent to an activating group) is 1. The maximum Gasteiger partial charge on any atom is 0.269 e. The number of rotatable bonds is 15. The second kappa shape index (κ2) is 13.6. The van der Waals surface area contributed by atoms with Crippen molar-refractivity contribution in [2.24, 2.45) is 0 Å². The number of nitrogens with one attached hydrogen (secondary N) is 1. The predicted octanol–water partition coefficient (Wildman–Crippen LogP) is 1.63. The first kappa shape index (κ1) is 23.7. The van der Waals surface area contributed by atoms with Crippen LogP contribution in [0.1, 0.15) is 18.0 Å². The third-order valence-electron chi connectivity index (χ3n) is 4.89. The standard InChI is InChI=1S/C20H33N3O6/c1-21-20(17-4-3-5-18(14-17)23(24)25)16-22-7-6-19(15-22)29-13-12-28-11-10-27-9-8-26-2/h3-5,14,19-21H,6-13,15-16H2,1-2H3. The van der Waals surface area contributed by atoms with E-state index in [1.807, 2.05) is 13.1 Å². The lowest BCUT2D eigenvalue weighted by Gasteiger charge is -2.23. The highest BCUT2D eigenvalue weighted by molar-refractivity contribution is 5.36. The number of nitro groups is 1. The van der Waals surface area contributed by atoms with Crippen molar-refractivity contribution in [3.8, 4) is 0 Å². The van der Waals surface area contributed by atoms with E-state index in [1.54, 1.807) is 19.2 Å². The Morgan fingerprint density at radius 1 is 1.21 bits per heavy atom. The molecule has 1 aromatic carbocycles. The van der Waals surface area contributed by atoms with Crippen LogP contribution in [0.5, 0.6) is 0 Å². The normalized spacial score (nSPS) is 18.2. The molecule has 2 rings (SSSR count). The molecular weight excluding hydrogens is 378 g/mol. The number of non-ortho nitro benzene ring substituents is 1. The minimum absolute atomic E-state index is 0.0371. The van der Waals surface area contributed by atoms with Gasteiger partial charge in [0.05, 0.1) is 50.7 Å². The van der Waals surface area contributed by atoms with Gasteiger partial charge in [0.25, 0.3) is 5.69 Å². The van der Waals surface area contributed by atoms with Crippen LogP contribution in [-0.2, 0) is 18.9 Å². The molecule has 1 N–H and O–H groups in total. The number of nitrogens with zero attached hydrogens (tertiary/aromatic N) is 2. The first-order valence-corrected chi connectivity index (χ1v) is 10.0. The number of hydrogen-bond donors (Lipinski definition) is 1. The van der Waals surface area contributed by atoms with Gasteiger partial charge >= 0.3 is 0 Å². The highest BCUT2D eigenvalue weighted by Crippen LogP contribution is 2.22. The summed E-state index contributed by atoms with van der Waals surface area (Å²) in [6.45, 7) is 6.00. The largest absolute Gasteiger partial charge is 0.382 e. The molecule has 0 radical (unpaired) electrons. The van der Waals surface area contributed by atoms with Crippen molar-refractivity contribution in [1.29, 1.82) is 0 Å². The van der Waals surface area contributed by atoms with Crippen molar-refractivity contribution in [1.82, 2.24) is 10.2 Å². The molecule has 9 heteroatoms. The second-order valence-corrected chi connectivity index (χ2v) is 6.95. The topological polar surface area (TPSA) is 95.3 Å². The fourth-order valence-electron chi connectivity index (χ4n) is 3.31. The second-order valence-electron chi connectivity index (χ2n) is 6.95. The van der Waals surface area contributed by atoms with Crippen LogP contribution in [0.25, 0.3) is 0 Å². The van der Waals surface area contributed by atoms with Crippen molar-refractivity contribution in [2.75, 3.05) is 73.4 Å². The van der Waals surface area contributed by atoms with Crippen molar-refractivity contribution in [2.45, 2.75) is 18.6 Å². The summed E-state index contributed by atoms with van der Waals surface area (Å²) in [6, 6.07) is 6.85. The Morgan fingerprint density at radius 3 is 2.62 bits per heavy atom. The molecule has 1 heterocycles. The maximum atomic E-state index is 11.0. The average Bonchev–Trinajstić information content (AvgIpc) is 3.18. The molecule has 0 bridgehead atoms. The molecule has 2 atom stereocenters. The van der Waals surface area contributed by atoms with Gasteiger partial charge in [-0.05, 0) is 19.0 Å². The molecule has 1 aromatic rings. The van der Waals surface area contributed by atoms with Crippen LogP contribution < -0.4 is 5.32 Å². The van der Waals surface area contributed by atoms with Crippen LogP contribution in [0, 0.1) is 10.1 Å². The van der Waals surface area contributed by atoms with Gasteiger partial charge < -0.3 is 24.3 Å². The summed E-state index contributed by atoms with van der Waals surface area (Å²) in [7, 11) is 3.53. The smallest absolute Gasteiger partial charge is 0.269 e. The number of nitro benzene ring substituents is 1. The summed E-state index contributed by atoms with van der Waals surface area (Å²) in [5, 5.41) is 14.3. The van der Waals surface area contributed by atoms with Gasteiger partial charge in [-0.1, -0.05) is 12.1 Å². The fraction of sp³-hybridized carbons (Fsp3) is 0.700. The molecule has 1 aliphatic heterocycles. The highest BCUT2D eigenvalue weighted by Gasteiger charge is 2.25. The van der Waals surface area contributed by atoms with Crippen LogP contribution in [0.4, 0.5) is 5.69 Å². The number of benzene rings is 1. The predicted molar refractivity (Wildman–Crippen MR) is 109 cm³/mol. The van der Waals surface area contributed by atoms with Gasteiger partial charge in [0.15, 0.2) is 0 Å². The summed E-state index contributed by atoms with van der Waals surface area (Å²) < 4.78 is 21.6. The van der Waals surface area contributed by atoms with Gasteiger partial charge in [0.1, 0.15) is 0 Å². The summed E-state index contributed by atoms with van der Waals surface area (Å²) in [6.07, 6.45) is 1.17. The van der Waals surface area contributed by atoms with E-state index in [0.29, 0.717) is 39.6 Å². The van der Waals surface area contributed by atoms with E-state index in [0.717, 1.165) is 31.6 Å². The number of methoxy groups -OCH3 is 1. The molecule has 0 aliphatic carbocycles. The Bertz CT molecular complexity index is 603. The van der Waals surface area contributed by atoms with E-state index in [9.17, 15) is 10.1 Å². The van der Waals surface area contributed by atoms with E-state index in [1.165, 1.54) is 6.07 Å². The Kier molecular flexibility index (Phi) is 11.1. The zero-order valence-electron chi connectivity index (χ0n) is 17.4. The quantitative estimate of drug-likeness (QED) is 0.264. The van der Waals surface area contributed by atoms with Crippen molar-refractivity contribution >= 4 is 5.69 Å². The average molecular weight is 411 g/mol. The summed E-state index contributed by atoms with van der Waals surface area (Å²) in [5.41, 5.74) is 1.04. The van der Waals surface area contributed by atoms with Crippen molar-refractivity contribution in [3.05, 3.63) is 39.9 Å². The SMILES string of the molecule is CNC(CN1CCC(OCCOCCOCCOC)C1)c1cccc([N+](=O)[O-])c1. The Morgan fingerprint density at radius 2 is 1.93 bits per heavy atom. The van der Waals surface area contributed by atoms with Crippen LogP contribution in [0.2, 0.25) is 0 Å². The lowest BCUT2D eigenvalue weighted by molar-refractivity contribution is -0.384. The first-order valence-electron chi connectivity index (χ1n) is 10.0. The zero-order valence-corrected chi connectivity index (χ0v) is 17.4. The number of ether oxygens (including phenoxy) is 4. The van der Waals surface area contributed by atoms with E-state index in [4.69, 9.17) is 18.9 Å². The molecule has 0 amide bonds. The molecule has 1 fully saturated rings. The molecule has 29 heavy (non-hydrogen) atoms. The molecule has 164 valence electrons. The van der Waals surface area contributed by atoms with Crippen LogP contribution in [0.3, 0.4) is 0 Å². The summed E-state index contributed by atoms with van der Waals surface area (Å²) >= 11 is 0. The number of likely N-dealkylation sites (tertiary alicyclic amines) is 1. The van der Waals surface area contributed by atoms with Gasteiger partial charge in [-0.2, -0.15) is 0 Å². The zero-order chi connectivity index (χ0) is 20.9. The Balaban J connectivity index is 1.63. The number of hydrogen-bond acceptors (Lipinski definition) is 8. The lowest BCUT2D eigenvalue weighted by Crippen LogP contribution is -2.33. The van der Waals surface area contributed by atoms with E-state index in [2.05, 4.69) is 10.2 Å². The van der Waals surface area contributed by atoms with Crippen molar-refractivity contribution < 1.29 is 23.9 Å². The van der Waals surface area contributed by atoms with Gasteiger partial charge in [0.2, 0.25) is 0 Å². The van der Waals surface area contributed by atoms with Crippen LogP contribution in [0.15, 0.2) is 24.3 Å². The Hall–Kier alpha value is -1.62. The molecule has 1 saturated heterocycles. The molecule has 0 spiro atoms. The highest BCUT2D eigenvalue weighted by atomic mass is 16.6. The fourth-order valence-corrected chi connectivity index (χ4v) is 3.31. The Labute approximate surface area is 172 Å². The van der Waals surface area contributed by atoms with E-state index < -0.39 is 0 Å². The molecular formula is C20H33N3O6. The van der Waals surface area contributed by atoms with Gasteiger partial charge in [-0.25, -0.2) is 0 Å². The minimum atomic E-state index is -0.357. The van der Waals surface area contributed by atoms with E-state index in [-0.39, 0.29) is 22.8 Å². The van der Waals surface area contributed by atoms with Gasteiger partial charge in [0, 0.05) is 44.9 Å². The van der Waals surface area contributed by atoms with E-state index >= 15 is 0 Å². The molecule has 9 nitrogen and oxygen atoms in total. The lowest BCUT2D eigenvalue weighted by atomic mass is 10.1.